The third-order valence-electron chi connectivity index (χ3n) is 7.14. The van der Waals surface area contributed by atoms with E-state index in [1.54, 1.807) is 34.3 Å². The van der Waals surface area contributed by atoms with E-state index in [-0.39, 0.29) is 41.1 Å². The lowest BCUT2D eigenvalue weighted by Gasteiger charge is -2.36. The van der Waals surface area contributed by atoms with Gasteiger partial charge in [0.25, 0.3) is 11.8 Å². The lowest BCUT2D eigenvalue weighted by atomic mass is 9.95. The van der Waals surface area contributed by atoms with Gasteiger partial charge in [-0.2, -0.15) is 0 Å². The first kappa shape index (κ1) is 24.2. The summed E-state index contributed by atoms with van der Waals surface area (Å²) in [5.74, 6) is -0.680. The average Bonchev–Trinajstić information content (AvgIpc) is 3.12. The minimum Gasteiger partial charge on any atom is -0.350 e. The molecule has 7 heteroatoms. The Hall–Kier alpha value is -2.96. The van der Waals surface area contributed by atoms with Crippen molar-refractivity contribution in [3.63, 3.8) is 0 Å². The molecule has 1 aliphatic heterocycles. The molecule has 2 aliphatic rings. The molecule has 0 aromatic carbocycles. The Kier molecular flexibility index (Phi) is 7.80. The summed E-state index contributed by atoms with van der Waals surface area (Å²) >= 11 is 0. The molecule has 0 unspecified atom stereocenters. The van der Waals surface area contributed by atoms with E-state index in [0.29, 0.717) is 6.54 Å². The molecule has 2 aromatic heterocycles. The Labute approximate surface area is 201 Å². The number of rotatable bonds is 5. The zero-order chi connectivity index (χ0) is 24.1. The van der Waals surface area contributed by atoms with Crippen molar-refractivity contribution in [2.75, 3.05) is 6.54 Å². The molecule has 1 saturated heterocycles. The SMILES string of the molecule is CC(C)n1cc(C(=O)NC2CCCCCC2)c(=O)c(C(=O)N2CCCC[C@@H]2c2cccnc2)c1. The van der Waals surface area contributed by atoms with Gasteiger partial charge < -0.3 is 14.8 Å². The summed E-state index contributed by atoms with van der Waals surface area (Å²) in [7, 11) is 0. The van der Waals surface area contributed by atoms with Crippen LogP contribution in [0.2, 0.25) is 0 Å². The van der Waals surface area contributed by atoms with Gasteiger partial charge in [-0.15, -0.1) is 0 Å². The minimum atomic E-state index is -0.483. The number of nitrogens with one attached hydrogen (secondary N) is 1. The number of hydrogen-bond acceptors (Lipinski definition) is 4. The number of pyridine rings is 2. The lowest BCUT2D eigenvalue weighted by Crippen LogP contribution is -2.43. The molecule has 34 heavy (non-hydrogen) atoms. The third-order valence-corrected chi connectivity index (χ3v) is 7.14. The predicted octanol–water partition coefficient (Wildman–Crippen LogP) is 4.64. The second-order valence-electron chi connectivity index (χ2n) is 9.91. The second kappa shape index (κ2) is 11.0. The van der Waals surface area contributed by atoms with Crippen LogP contribution < -0.4 is 10.7 Å². The molecular weight excluding hydrogens is 428 g/mol. The van der Waals surface area contributed by atoms with Crippen LogP contribution in [0.25, 0.3) is 0 Å². The van der Waals surface area contributed by atoms with Crippen LogP contribution in [0.5, 0.6) is 0 Å². The molecule has 3 heterocycles. The molecule has 182 valence electrons. The molecule has 7 nitrogen and oxygen atoms in total. The maximum absolute atomic E-state index is 13.7. The van der Waals surface area contributed by atoms with Crippen LogP contribution in [0.1, 0.15) is 110 Å². The van der Waals surface area contributed by atoms with E-state index < -0.39 is 5.43 Å². The van der Waals surface area contributed by atoms with Crippen molar-refractivity contribution in [2.24, 2.45) is 0 Å². The third kappa shape index (κ3) is 5.40. The number of amides is 2. The number of piperidine rings is 1. The van der Waals surface area contributed by atoms with Gasteiger partial charge in [0.15, 0.2) is 0 Å². The van der Waals surface area contributed by atoms with E-state index in [1.165, 1.54) is 12.8 Å². The fraction of sp³-hybridized carbons (Fsp3) is 0.556. The van der Waals surface area contributed by atoms with E-state index in [4.69, 9.17) is 0 Å². The number of aromatic nitrogens is 2. The first-order chi connectivity index (χ1) is 16.5. The number of likely N-dealkylation sites (tertiary alicyclic amines) is 1. The fourth-order valence-corrected chi connectivity index (χ4v) is 5.15. The molecule has 2 fully saturated rings. The molecule has 4 rings (SSSR count). The molecule has 1 N–H and O–H groups in total. The molecule has 0 radical (unpaired) electrons. The Morgan fingerprint density at radius 3 is 2.38 bits per heavy atom. The minimum absolute atomic E-state index is 0.00653. The molecule has 1 aliphatic carbocycles. The molecule has 1 atom stereocenters. The van der Waals surface area contributed by atoms with Crippen molar-refractivity contribution in [1.29, 1.82) is 0 Å². The van der Waals surface area contributed by atoms with Crippen LogP contribution in [-0.2, 0) is 0 Å². The monoisotopic (exact) mass is 464 g/mol. The largest absolute Gasteiger partial charge is 0.350 e. The maximum Gasteiger partial charge on any atom is 0.259 e. The normalized spacial score (nSPS) is 19.6. The summed E-state index contributed by atoms with van der Waals surface area (Å²) in [5, 5.41) is 3.08. The van der Waals surface area contributed by atoms with Crippen LogP contribution in [0, 0.1) is 0 Å². The Morgan fingerprint density at radius 2 is 1.71 bits per heavy atom. The van der Waals surface area contributed by atoms with E-state index in [9.17, 15) is 14.4 Å². The number of hydrogen-bond donors (Lipinski definition) is 1. The maximum atomic E-state index is 13.7. The van der Waals surface area contributed by atoms with E-state index in [1.807, 2.05) is 26.0 Å². The van der Waals surface area contributed by atoms with Gasteiger partial charge in [0, 0.05) is 43.4 Å². The Morgan fingerprint density at radius 1 is 1.00 bits per heavy atom. The highest BCUT2D eigenvalue weighted by Crippen LogP contribution is 2.31. The van der Waals surface area contributed by atoms with Crippen LogP contribution >= 0.6 is 0 Å². The van der Waals surface area contributed by atoms with Crippen molar-refractivity contribution in [2.45, 2.75) is 89.8 Å². The van der Waals surface area contributed by atoms with Crippen LogP contribution in [0.15, 0.2) is 41.7 Å². The molecule has 2 amide bonds. The highest BCUT2D eigenvalue weighted by atomic mass is 16.2. The summed E-state index contributed by atoms with van der Waals surface area (Å²) in [6.07, 6.45) is 15.9. The molecule has 1 saturated carbocycles. The zero-order valence-electron chi connectivity index (χ0n) is 20.3. The molecule has 0 bridgehead atoms. The van der Waals surface area contributed by atoms with Crippen molar-refractivity contribution < 1.29 is 9.59 Å². The van der Waals surface area contributed by atoms with Gasteiger partial charge in [-0.3, -0.25) is 19.4 Å². The van der Waals surface area contributed by atoms with Crippen LogP contribution in [0.3, 0.4) is 0 Å². The van der Waals surface area contributed by atoms with Crippen molar-refractivity contribution in [3.8, 4) is 0 Å². The fourth-order valence-electron chi connectivity index (χ4n) is 5.15. The van der Waals surface area contributed by atoms with Crippen molar-refractivity contribution in [3.05, 3.63) is 63.8 Å². The first-order valence-corrected chi connectivity index (χ1v) is 12.7. The summed E-state index contributed by atoms with van der Waals surface area (Å²) in [6.45, 7) is 4.54. The second-order valence-corrected chi connectivity index (χ2v) is 9.91. The van der Waals surface area contributed by atoms with Gasteiger partial charge in [-0.1, -0.05) is 31.7 Å². The number of nitrogens with zero attached hydrogens (tertiary/aromatic N) is 3. The summed E-state index contributed by atoms with van der Waals surface area (Å²) < 4.78 is 1.81. The molecule has 0 spiro atoms. The molecular formula is C27H36N4O3. The topological polar surface area (TPSA) is 84.3 Å². The highest BCUT2D eigenvalue weighted by molar-refractivity contribution is 5.99. The molecule has 2 aromatic rings. The van der Waals surface area contributed by atoms with E-state index >= 15 is 0 Å². The highest BCUT2D eigenvalue weighted by Gasteiger charge is 2.31. The number of carbonyl (C=O) groups excluding carboxylic acids is 2. The van der Waals surface area contributed by atoms with Gasteiger partial charge in [0.05, 0.1) is 6.04 Å². The van der Waals surface area contributed by atoms with Gasteiger partial charge >= 0.3 is 0 Å². The zero-order valence-corrected chi connectivity index (χ0v) is 20.3. The van der Waals surface area contributed by atoms with Crippen LogP contribution in [0.4, 0.5) is 0 Å². The van der Waals surface area contributed by atoms with E-state index in [2.05, 4.69) is 10.3 Å². The van der Waals surface area contributed by atoms with Crippen molar-refractivity contribution in [1.82, 2.24) is 19.8 Å². The van der Waals surface area contributed by atoms with Gasteiger partial charge in [-0.05, 0) is 57.6 Å². The summed E-state index contributed by atoms with van der Waals surface area (Å²) in [5.41, 5.74) is 0.613. The summed E-state index contributed by atoms with van der Waals surface area (Å²) in [6, 6.07) is 3.82. The standard InChI is InChI=1S/C27H36N4O3/c1-19(2)30-17-22(26(33)29-21-11-5-3-4-6-12-21)25(32)23(18-30)27(34)31-15-8-7-13-24(31)20-10-9-14-28-16-20/h9-10,14,16-19,21,24H,3-8,11-13,15H2,1-2H3,(H,29,33)/t24-/m1/s1. The predicted molar refractivity (Wildman–Crippen MR) is 132 cm³/mol. The van der Waals surface area contributed by atoms with E-state index in [0.717, 1.165) is 50.5 Å². The number of carbonyl (C=O) groups is 2. The van der Waals surface area contributed by atoms with Gasteiger partial charge in [0.1, 0.15) is 11.1 Å². The average molecular weight is 465 g/mol. The first-order valence-electron chi connectivity index (χ1n) is 12.7. The Bertz CT molecular complexity index is 1060. The lowest BCUT2D eigenvalue weighted by molar-refractivity contribution is 0.0608. The van der Waals surface area contributed by atoms with Gasteiger partial charge in [0.2, 0.25) is 5.43 Å². The van der Waals surface area contributed by atoms with Crippen molar-refractivity contribution >= 4 is 11.8 Å². The quantitative estimate of drug-likeness (QED) is 0.653. The van der Waals surface area contributed by atoms with Crippen LogP contribution in [-0.4, -0.2) is 38.9 Å². The summed E-state index contributed by atoms with van der Waals surface area (Å²) in [4.78, 5) is 46.4. The van der Waals surface area contributed by atoms with Gasteiger partial charge in [-0.25, -0.2) is 0 Å². The Balaban J connectivity index is 1.66. The smallest absolute Gasteiger partial charge is 0.259 e.